The molecule has 0 saturated carbocycles. The molecule has 4 nitrogen and oxygen atoms in total. The molecule has 0 amide bonds. The van der Waals surface area contributed by atoms with Crippen molar-refractivity contribution in [3.8, 4) is 11.3 Å². The van der Waals surface area contributed by atoms with Crippen molar-refractivity contribution in [3.63, 3.8) is 0 Å². The molecular weight excluding hydrogens is 216 g/mol. The topological polar surface area (TPSA) is 51.0 Å². The Hall–Kier alpha value is -1.81. The molecule has 1 aromatic carbocycles. The highest BCUT2D eigenvalue weighted by atomic mass is 35.5. The molecule has 0 spiro atoms. The summed E-state index contributed by atoms with van der Waals surface area (Å²) in [6, 6.07) is 8.91. The highest BCUT2D eigenvalue weighted by molar-refractivity contribution is 6.29. The van der Waals surface area contributed by atoms with Gasteiger partial charge < -0.3 is 9.94 Å². The van der Waals surface area contributed by atoms with Crippen molar-refractivity contribution < 1.29 is 4.43 Å². The molecule has 2 aromatic rings. The highest BCUT2D eigenvalue weighted by Gasteiger charge is 2.12. The van der Waals surface area contributed by atoms with Crippen LogP contribution in [0, 0.1) is 10.1 Å². The summed E-state index contributed by atoms with van der Waals surface area (Å²) in [5.74, 6) is 0. The molecule has 15 heavy (non-hydrogen) atoms. The first-order valence-corrected chi connectivity index (χ1v) is 4.63. The van der Waals surface area contributed by atoms with Crippen molar-refractivity contribution >= 4 is 11.6 Å². The Morgan fingerprint density at radius 1 is 1.27 bits per heavy atom. The fraction of sp³-hybridized carbons (Fsp3) is 0. The van der Waals surface area contributed by atoms with Gasteiger partial charge in [0.1, 0.15) is 0 Å². The van der Waals surface area contributed by atoms with E-state index in [-0.39, 0.29) is 10.8 Å². The summed E-state index contributed by atoms with van der Waals surface area (Å²) in [4.78, 5) is 11.5. The van der Waals surface area contributed by atoms with Gasteiger partial charge in [0.25, 0.3) is 11.9 Å². The summed E-state index contributed by atoms with van der Waals surface area (Å²) in [5, 5.41) is 11.0. The summed E-state index contributed by atoms with van der Waals surface area (Å²) in [5.41, 5.74) is 0.948. The van der Waals surface area contributed by atoms with Gasteiger partial charge in [0.05, 0.1) is 16.2 Å². The average molecular weight is 223 g/mol. The Labute approximate surface area is 90.5 Å². The highest BCUT2D eigenvalue weighted by Crippen LogP contribution is 2.15. The third-order valence-electron chi connectivity index (χ3n) is 1.98. The van der Waals surface area contributed by atoms with Crippen molar-refractivity contribution in [2.24, 2.45) is 0 Å². The normalized spacial score (nSPS) is 10.2. The first kappa shape index (κ1) is 9.73. The second kappa shape index (κ2) is 3.74. The van der Waals surface area contributed by atoms with E-state index in [4.69, 9.17) is 11.6 Å². The van der Waals surface area contributed by atoms with Gasteiger partial charge in [0.2, 0.25) is 0 Å². The number of halogens is 1. The van der Waals surface area contributed by atoms with E-state index in [0.29, 0.717) is 14.7 Å². The maximum atomic E-state index is 11.5. The minimum Gasteiger partial charge on any atom is -0.805 e. The van der Waals surface area contributed by atoms with E-state index < -0.39 is 0 Å². The van der Waals surface area contributed by atoms with Gasteiger partial charge in [-0.3, -0.25) is 0 Å². The Bertz CT molecular complexity index is 537. The molecule has 0 fully saturated rings. The van der Waals surface area contributed by atoms with Crippen molar-refractivity contribution in [2.45, 2.75) is 0 Å². The zero-order chi connectivity index (χ0) is 10.8. The quantitative estimate of drug-likeness (QED) is 0.694. The third-order valence-corrected chi connectivity index (χ3v) is 2.25. The fourth-order valence-corrected chi connectivity index (χ4v) is 1.40. The Kier molecular flexibility index (Phi) is 2.43. The standard InChI is InChI=1S/C10H7ClN2O2/c11-10-7-12(14)9(6-13(10)15)8-4-2-1-3-5-8/h1-7H. The number of nitrogens with zero attached hydrogens (tertiary/aromatic N) is 2. The lowest BCUT2D eigenvalue weighted by molar-refractivity contribution is -0.482. The van der Waals surface area contributed by atoms with Crippen LogP contribution in [0.15, 0.2) is 42.7 Å². The van der Waals surface area contributed by atoms with Gasteiger partial charge in [-0.2, -0.15) is 0 Å². The molecule has 5 heteroatoms. The molecule has 0 unspecified atom stereocenters. The average Bonchev–Trinajstić information content (AvgIpc) is 2.25. The van der Waals surface area contributed by atoms with Gasteiger partial charge in [-0.25, -0.2) is 0 Å². The van der Waals surface area contributed by atoms with Crippen LogP contribution in [0.5, 0.6) is 0 Å². The van der Waals surface area contributed by atoms with Gasteiger partial charge in [-0.1, -0.05) is 29.8 Å². The van der Waals surface area contributed by atoms with Crippen molar-refractivity contribution in [3.05, 3.63) is 58.0 Å². The predicted octanol–water partition coefficient (Wildman–Crippen LogP) is 2.07. The number of rotatable bonds is 1. The molecule has 0 saturated heterocycles. The van der Waals surface area contributed by atoms with Crippen LogP contribution in [-0.4, -0.2) is 4.73 Å². The monoisotopic (exact) mass is 222 g/mol. The maximum absolute atomic E-state index is 11.5. The number of benzene rings is 1. The van der Waals surface area contributed by atoms with E-state index in [9.17, 15) is 10.1 Å². The zero-order valence-corrected chi connectivity index (χ0v) is 8.39. The van der Waals surface area contributed by atoms with Crippen LogP contribution in [-0.2, 0) is 0 Å². The van der Waals surface area contributed by atoms with E-state index in [1.54, 1.807) is 24.3 Å². The minimum atomic E-state index is -0.148. The van der Waals surface area contributed by atoms with Crippen molar-refractivity contribution in [2.75, 3.05) is 0 Å². The van der Waals surface area contributed by atoms with Gasteiger partial charge in [-0.05, 0) is 12.1 Å². The Morgan fingerprint density at radius 2 is 1.93 bits per heavy atom. The van der Waals surface area contributed by atoms with Gasteiger partial charge >= 0.3 is 0 Å². The van der Waals surface area contributed by atoms with E-state index >= 15 is 0 Å². The third kappa shape index (κ3) is 1.85. The molecule has 0 aliphatic carbocycles. The second-order valence-electron chi connectivity index (χ2n) is 2.98. The molecular formula is C10H7ClN2O2. The summed E-state index contributed by atoms with van der Waals surface area (Å²) in [6.45, 7) is 0. The first-order valence-electron chi connectivity index (χ1n) is 4.26. The van der Waals surface area contributed by atoms with Crippen LogP contribution < -0.4 is 4.43 Å². The van der Waals surface area contributed by atoms with Gasteiger partial charge in [0.15, 0.2) is 5.15 Å². The van der Waals surface area contributed by atoms with E-state index in [0.717, 1.165) is 12.4 Å². The summed E-state index contributed by atoms with van der Waals surface area (Å²) < 4.78 is 1.03. The predicted molar refractivity (Wildman–Crippen MR) is 57.0 cm³/mol. The molecule has 0 N–H and O–H groups in total. The maximum Gasteiger partial charge on any atom is 0.285 e. The lowest BCUT2D eigenvalue weighted by Crippen LogP contribution is -2.19. The molecule has 0 aliphatic heterocycles. The number of hydrogen-bond donors (Lipinski definition) is 0. The first-order chi connectivity index (χ1) is 7.18. The second-order valence-corrected chi connectivity index (χ2v) is 3.37. The fourth-order valence-electron chi connectivity index (χ4n) is 1.26. The molecule has 1 aromatic heterocycles. The van der Waals surface area contributed by atoms with Gasteiger partial charge in [-0.15, -0.1) is 0 Å². The lowest BCUT2D eigenvalue weighted by Gasteiger charge is -2.09. The van der Waals surface area contributed by atoms with Crippen molar-refractivity contribution in [1.82, 2.24) is 4.73 Å². The molecule has 0 radical (unpaired) electrons. The van der Waals surface area contributed by atoms with Crippen LogP contribution in [0.3, 0.4) is 0 Å². The molecule has 2 rings (SSSR count). The SMILES string of the molecule is O=[n+]1cc(Cl)n([O-])cc1-c1ccccc1. The smallest absolute Gasteiger partial charge is 0.285 e. The molecule has 0 aliphatic rings. The zero-order valence-electron chi connectivity index (χ0n) is 7.63. The summed E-state index contributed by atoms with van der Waals surface area (Å²) in [7, 11) is 0. The summed E-state index contributed by atoms with van der Waals surface area (Å²) in [6.07, 6.45) is 2.20. The number of aromatic nitrogens is 2. The van der Waals surface area contributed by atoms with Crippen LogP contribution in [0.2, 0.25) is 5.15 Å². The van der Waals surface area contributed by atoms with Crippen LogP contribution in [0.25, 0.3) is 11.3 Å². The van der Waals surface area contributed by atoms with E-state index in [2.05, 4.69) is 0 Å². The van der Waals surface area contributed by atoms with Crippen molar-refractivity contribution in [1.29, 1.82) is 0 Å². The molecule has 1 heterocycles. The lowest BCUT2D eigenvalue weighted by atomic mass is 10.2. The van der Waals surface area contributed by atoms with Crippen LogP contribution in [0.4, 0.5) is 0 Å². The molecule has 0 bridgehead atoms. The largest absolute Gasteiger partial charge is 0.805 e. The number of hydrogen-bond acceptors (Lipinski definition) is 2. The van der Waals surface area contributed by atoms with Gasteiger partial charge in [0, 0.05) is 4.91 Å². The Morgan fingerprint density at radius 3 is 2.60 bits per heavy atom. The van der Waals surface area contributed by atoms with E-state index in [1.807, 2.05) is 6.07 Å². The van der Waals surface area contributed by atoms with Crippen LogP contribution in [0.1, 0.15) is 0 Å². The summed E-state index contributed by atoms with van der Waals surface area (Å²) >= 11 is 5.50. The van der Waals surface area contributed by atoms with Crippen LogP contribution >= 0.6 is 11.6 Å². The molecule has 0 atom stereocenters. The Balaban J connectivity index is 2.65. The minimum absolute atomic E-state index is 0.148. The molecule has 76 valence electrons. The van der Waals surface area contributed by atoms with E-state index in [1.165, 1.54) is 0 Å².